The number of nitrogens with zero attached hydrogens (tertiary/aromatic N) is 1. The van der Waals surface area contributed by atoms with Crippen molar-refractivity contribution in [2.45, 2.75) is 51.0 Å². The molecule has 0 heterocycles. The molecule has 0 radical (unpaired) electrons. The maximum Gasteiger partial charge on any atom is 0.411 e. The van der Waals surface area contributed by atoms with E-state index in [1.807, 2.05) is 0 Å². The lowest BCUT2D eigenvalue weighted by molar-refractivity contribution is 0.0869. The summed E-state index contributed by atoms with van der Waals surface area (Å²) in [6.07, 6.45) is 6.63. The van der Waals surface area contributed by atoms with Crippen molar-refractivity contribution in [2.24, 2.45) is 0 Å². The minimum Gasteiger partial charge on any atom is -0.450 e. The summed E-state index contributed by atoms with van der Waals surface area (Å²) in [5.41, 5.74) is 1.10. The minimum absolute atomic E-state index is 0.0208. The van der Waals surface area contributed by atoms with Gasteiger partial charge in [0.1, 0.15) is 0 Å². The molecule has 144 valence electrons. The molecule has 0 atom stereocenters. The van der Waals surface area contributed by atoms with Crippen LogP contribution in [-0.2, 0) is 4.74 Å². The smallest absolute Gasteiger partial charge is 0.411 e. The highest BCUT2D eigenvalue weighted by molar-refractivity contribution is 5.96. The molecule has 1 aromatic carbocycles. The zero-order valence-electron chi connectivity index (χ0n) is 16.1. The fraction of sp³-hybridized carbons (Fsp3) is 0.600. The second-order valence-corrected chi connectivity index (χ2v) is 7.14. The molecule has 0 bridgehead atoms. The number of anilines is 1. The van der Waals surface area contributed by atoms with Crippen molar-refractivity contribution < 1.29 is 14.3 Å². The molecule has 0 spiro atoms. The van der Waals surface area contributed by atoms with Crippen molar-refractivity contribution in [3.05, 3.63) is 29.8 Å². The van der Waals surface area contributed by atoms with Crippen LogP contribution in [0, 0.1) is 0 Å². The van der Waals surface area contributed by atoms with E-state index in [0.29, 0.717) is 24.4 Å². The molecule has 2 N–H and O–H groups in total. The molecule has 1 aromatic rings. The second-order valence-electron chi connectivity index (χ2n) is 7.14. The Kier molecular flexibility index (Phi) is 7.45. The summed E-state index contributed by atoms with van der Waals surface area (Å²) >= 11 is 0. The van der Waals surface area contributed by atoms with E-state index in [4.69, 9.17) is 4.74 Å². The van der Waals surface area contributed by atoms with E-state index in [1.54, 1.807) is 31.2 Å². The summed E-state index contributed by atoms with van der Waals surface area (Å²) < 4.78 is 4.87. The Bertz CT molecular complexity index is 608. The Morgan fingerprint density at radius 1 is 1.15 bits per heavy atom. The van der Waals surface area contributed by atoms with Gasteiger partial charge in [0.05, 0.1) is 6.61 Å². The highest BCUT2D eigenvalue weighted by Crippen LogP contribution is 2.30. The molecule has 1 aliphatic carbocycles. The molecule has 26 heavy (non-hydrogen) atoms. The van der Waals surface area contributed by atoms with E-state index in [1.165, 1.54) is 25.7 Å². The number of nitrogens with one attached hydrogen (secondary N) is 2. The maximum absolute atomic E-state index is 12.6. The Balaban J connectivity index is 2.01. The number of ether oxygens (including phenoxy) is 1. The highest BCUT2D eigenvalue weighted by atomic mass is 16.5. The third-order valence-corrected chi connectivity index (χ3v) is 5.21. The van der Waals surface area contributed by atoms with Gasteiger partial charge in [0.15, 0.2) is 0 Å². The lowest BCUT2D eigenvalue weighted by atomic mass is 9.88. The van der Waals surface area contributed by atoms with Gasteiger partial charge in [-0.1, -0.05) is 31.7 Å². The first-order valence-electron chi connectivity index (χ1n) is 9.46. The van der Waals surface area contributed by atoms with Crippen LogP contribution >= 0.6 is 0 Å². The Morgan fingerprint density at radius 3 is 2.46 bits per heavy atom. The normalized spacial score (nSPS) is 16.6. The number of likely N-dealkylation sites (N-methyl/N-ethyl adjacent to an activating group) is 1. The average Bonchev–Trinajstić information content (AvgIpc) is 2.87. The van der Waals surface area contributed by atoms with Crippen LogP contribution in [0.3, 0.4) is 0 Å². The van der Waals surface area contributed by atoms with E-state index in [9.17, 15) is 9.59 Å². The Morgan fingerprint density at radius 2 is 1.85 bits per heavy atom. The third-order valence-electron chi connectivity index (χ3n) is 5.21. The maximum atomic E-state index is 12.6. The highest BCUT2D eigenvalue weighted by Gasteiger charge is 2.33. The van der Waals surface area contributed by atoms with E-state index in [-0.39, 0.29) is 11.4 Å². The first-order chi connectivity index (χ1) is 12.5. The van der Waals surface area contributed by atoms with Gasteiger partial charge in [-0.2, -0.15) is 0 Å². The molecule has 6 nitrogen and oxygen atoms in total. The topological polar surface area (TPSA) is 70.7 Å². The van der Waals surface area contributed by atoms with Gasteiger partial charge in [-0.05, 0) is 52.1 Å². The van der Waals surface area contributed by atoms with Crippen LogP contribution in [0.25, 0.3) is 0 Å². The average molecular weight is 361 g/mol. The van der Waals surface area contributed by atoms with Crippen LogP contribution in [0.2, 0.25) is 0 Å². The number of amides is 2. The summed E-state index contributed by atoms with van der Waals surface area (Å²) in [5, 5.41) is 5.73. The molecule has 0 aromatic heterocycles. The molecule has 2 amide bonds. The number of rotatable bonds is 6. The molecule has 6 heteroatoms. The van der Waals surface area contributed by atoms with Gasteiger partial charge < -0.3 is 15.0 Å². The predicted octanol–water partition coefficient (Wildman–Crippen LogP) is 3.64. The van der Waals surface area contributed by atoms with Gasteiger partial charge in [-0.15, -0.1) is 0 Å². The van der Waals surface area contributed by atoms with Crippen LogP contribution in [0.15, 0.2) is 24.3 Å². The Hall–Kier alpha value is -2.08. The van der Waals surface area contributed by atoms with E-state index in [0.717, 1.165) is 12.8 Å². The van der Waals surface area contributed by atoms with Gasteiger partial charge in [0.25, 0.3) is 5.91 Å². The fourth-order valence-corrected chi connectivity index (χ4v) is 3.54. The summed E-state index contributed by atoms with van der Waals surface area (Å²) in [6.45, 7) is 2.69. The zero-order chi connectivity index (χ0) is 19.0. The van der Waals surface area contributed by atoms with Crippen molar-refractivity contribution in [1.82, 2.24) is 10.2 Å². The van der Waals surface area contributed by atoms with Gasteiger partial charge in [-0.3, -0.25) is 10.1 Å². The van der Waals surface area contributed by atoms with Crippen LogP contribution in [0.4, 0.5) is 10.5 Å². The number of hydrogen-bond acceptors (Lipinski definition) is 4. The molecule has 1 fully saturated rings. The van der Waals surface area contributed by atoms with Gasteiger partial charge >= 0.3 is 6.09 Å². The first-order valence-corrected chi connectivity index (χ1v) is 9.46. The molecule has 2 rings (SSSR count). The van der Waals surface area contributed by atoms with Crippen molar-refractivity contribution in [2.75, 3.05) is 32.6 Å². The third kappa shape index (κ3) is 5.46. The summed E-state index contributed by atoms with van der Waals surface area (Å²) in [5.74, 6) is -0.122. The van der Waals surface area contributed by atoms with Gasteiger partial charge in [-0.25, -0.2) is 4.79 Å². The quantitative estimate of drug-likeness (QED) is 0.759. The lowest BCUT2D eigenvalue weighted by Gasteiger charge is -2.39. The molecular formula is C20H31N3O3. The van der Waals surface area contributed by atoms with Crippen molar-refractivity contribution in [1.29, 1.82) is 0 Å². The lowest BCUT2D eigenvalue weighted by Crippen LogP contribution is -2.52. The SMILES string of the molecule is CCOC(=O)Nc1cccc(C(=O)NCC2(N(C)C)CCCCCC2)c1. The molecule has 0 aliphatic heterocycles. The summed E-state index contributed by atoms with van der Waals surface area (Å²) in [4.78, 5) is 26.4. The molecule has 1 saturated carbocycles. The van der Waals surface area contributed by atoms with Crippen LogP contribution in [-0.4, -0.2) is 49.7 Å². The van der Waals surface area contributed by atoms with E-state index < -0.39 is 6.09 Å². The number of benzene rings is 1. The molecule has 1 aliphatic rings. The summed E-state index contributed by atoms with van der Waals surface area (Å²) in [7, 11) is 4.20. The van der Waals surface area contributed by atoms with Crippen LogP contribution in [0.5, 0.6) is 0 Å². The number of carbonyl (C=O) groups excluding carboxylic acids is 2. The largest absolute Gasteiger partial charge is 0.450 e. The fourth-order valence-electron chi connectivity index (χ4n) is 3.54. The second kappa shape index (κ2) is 9.57. The van der Waals surface area contributed by atoms with Crippen LogP contribution in [0.1, 0.15) is 55.8 Å². The van der Waals surface area contributed by atoms with E-state index in [2.05, 4.69) is 29.6 Å². The number of hydrogen-bond donors (Lipinski definition) is 2. The molecular weight excluding hydrogens is 330 g/mol. The minimum atomic E-state index is -0.518. The predicted molar refractivity (Wildman–Crippen MR) is 104 cm³/mol. The van der Waals surface area contributed by atoms with Crippen LogP contribution < -0.4 is 10.6 Å². The van der Waals surface area contributed by atoms with Gasteiger partial charge in [0.2, 0.25) is 0 Å². The summed E-state index contributed by atoms with van der Waals surface area (Å²) in [6, 6.07) is 6.91. The van der Waals surface area contributed by atoms with Gasteiger partial charge in [0, 0.05) is 23.3 Å². The van der Waals surface area contributed by atoms with Crippen molar-refractivity contribution >= 4 is 17.7 Å². The first kappa shape index (κ1) is 20.2. The van der Waals surface area contributed by atoms with Crippen molar-refractivity contribution in [3.63, 3.8) is 0 Å². The standard InChI is InChI=1S/C20H31N3O3/c1-4-26-19(25)22-17-11-9-10-16(14-17)18(24)21-15-20(23(2)3)12-7-5-6-8-13-20/h9-11,14H,4-8,12-13,15H2,1-3H3,(H,21,24)(H,22,25). The molecule has 0 saturated heterocycles. The number of carbonyl (C=O) groups is 2. The Labute approximate surface area is 156 Å². The molecule has 0 unspecified atom stereocenters. The zero-order valence-corrected chi connectivity index (χ0v) is 16.1. The van der Waals surface area contributed by atoms with Crippen molar-refractivity contribution in [3.8, 4) is 0 Å². The van der Waals surface area contributed by atoms with E-state index >= 15 is 0 Å². The monoisotopic (exact) mass is 361 g/mol.